The fraction of sp³-hybridized carbons (Fsp3) is 0.583. The van der Waals surface area contributed by atoms with Gasteiger partial charge in [0.25, 0.3) is 0 Å². The molecule has 1 aromatic heterocycles. The van der Waals surface area contributed by atoms with Gasteiger partial charge in [0.15, 0.2) is 0 Å². The van der Waals surface area contributed by atoms with Gasteiger partial charge in [-0.15, -0.1) is 0 Å². The van der Waals surface area contributed by atoms with Crippen LogP contribution in [0.25, 0.3) is 0 Å². The third-order valence-electron chi connectivity index (χ3n) is 2.87. The maximum absolute atomic E-state index is 12.6. The molecule has 2 rings (SSSR count). The van der Waals surface area contributed by atoms with Crippen molar-refractivity contribution < 1.29 is 13.2 Å². The number of pyridine rings is 1. The van der Waals surface area contributed by atoms with Gasteiger partial charge in [0.05, 0.1) is 0 Å². The first-order valence-corrected chi connectivity index (χ1v) is 5.90. The third-order valence-corrected chi connectivity index (χ3v) is 2.87. The lowest BCUT2D eigenvalue weighted by Gasteiger charge is -2.25. The topological polar surface area (TPSA) is 42.1 Å². The second kappa shape index (κ2) is 4.76. The molecule has 1 saturated carbocycles. The van der Waals surface area contributed by atoms with Crippen LogP contribution in [0, 0.1) is 6.92 Å². The van der Waals surface area contributed by atoms with E-state index in [0.717, 1.165) is 18.4 Å². The molecule has 0 radical (unpaired) electrons. The molecule has 100 valence electrons. The number of nitrogens with zero attached hydrogens (tertiary/aromatic N) is 2. The van der Waals surface area contributed by atoms with E-state index in [1.807, 2.05) is 0 Å². The zero-order chi connectivity index (χ0) is 13.3. The van der Waals surface area contributed by atoms with Crippen LogP contribution in [0.3, 0.4) is 0 Å². The van der Waals surface area contributed by atoms with Gasteiger partial charge in [-0.2, -0.15) is 13.2 Å². The highest BCUT2D eigenvalue weighted by molar-refractivity contribution is 5.45. The highest BCUT2D eigenvalue weighted by Gasteiger charge is 2.38. The van der Waals surface area contributed by atoms with Crippen molar-refractivity contribution in [2.75, 3.05) is 11.4 Å². The number of hydrogen-bond acceptors (Lipinski definition) is 3. The molecule has 0 aromatic carbocycles. The van der Waals surface area contributed by atoms with Crippen molar-refractivity contribution in [3.8, 4) is 0 Å². The van der Waals surface area contributed by atoms with Crippen LogP contribution < -0.4 is 10.6 Å². The number of nitrogens with two attached hydrogens (primary N) is 1. The Morgan fingerprint density at radius 1 is 1.39 bits per heavy atom. The van der Waals surface area contributed by atoms with Crippen LogP contribution >= 0.6 is 0 Å². The fourth-order valence-electron chi connectivity index (χ4n) is 1.96. The molecule has 0 amide bonds. The molecule has 0 unspecified atom stereocenters. The van der Waals surface area contributed by atoms with Crippen molar-refractivity contribution in [2.24, 2.45) is 5.73 Å². The van der Waals surface area contributed by atoms with Gasteiger partial charge < -0.3 is 10.6 Å². The monoisotopic (exact) mass is 259 g/mol. The van der Waals surface area contributed by atoms with Crippen LogP contribution in [-0.4, -0.2) is 23.7 Å². The largest absolute Gasteiger partial charge is 0.405 e. The van der Waals surface area contributed by atoms with E-state index in [1.54, 1.807) is 19.1 Å². The van der Waals surface area contributed by atoms with Crippen LogP contribution in [0.5, 0.6) is 0 Å². The summed E-state index contributed by atoms with van der Waals surface area (Å²) >= 11 is 0. The lowest BCUT2D eigenvalue weighted by Crippen LogP contribution is -2.36. The van der Waals surface area contributed by atoms with Crippen LogP contribution in [0.2, 0.25) is 0 Å². The zero-order valence-electron chi connectivity index (χ0n) is 10.2. The third kappa shape index (κ3) is 3.35. The average Bonchev–Trinajstić information content (AvgIpc) is 3.07. The van der Waals surface area contributed by atoms with E-state index in [2.05, 4.69) is 4.98 Å². The summed E-state index contributed by atoms with van der Waals surface area (Å²) in [6.07, 6.45) is -2.62. The maximum atomic E-state index is 12.6. The minimum Gasteiger partial charge on any atom is -0.345 e. The Labute approximate surface area is 104 Å². The van der Waals surface area contributed by atoms with Gasteiger partial charge in [-0.3, -0.25) is 0 Å². The zero-order valence-corrected chi connectivity index (χ0v) is 10.2. The summed E-state index contributed by atoms with van der Waals surface area (Å²) in [7, 11) is 0. The normalized spacial score (nSPS) is 15.8. The van der Waals surface area contributed by atoms with Crippen molar-refractivity contribution >= 4 is 5.82 Å². The van der Waals surface area contributed by atoms with E-state index in [-0.39, 0.29) is 6.04 Å². The van der Waals surface area contributed by atoms with Gasteiger partial charge in [0, 0.05) is 18.3 Å². The maximum Gasteiger partial charge on any atom is 0.405 e. The van der Waals surface area contributed by atoms with E-state index < -0.39 is 12.7 Å². The van der Waals surface area contributed by atoms with Gasteiger partial charge in [0.1, 0.15) is 12.4 Å². The van der Waals surface area contributed by atoms with Crippen molar-refractivity contribution in [1.29, 1.82) is 0 Å². The Bertz CT molecular complexity index is 427. The molecule has 18 heavy (non-hydrogen) atoms. The van der Waals surface area contributed by atoms with Crippen LogP contribution in [0.1, 0.15) is 24.1 Å². The van der Waals surface area contributed by atoms with Crippen LogP contribution in [0.15, 0.2) is 12.1 Å². The predicted octanol–water partition coefficient (Wildman–Crippen LogP) is 2.38. The van der Waals surface area contributed by atoms with E-state index in [9.17, 15) is 13.2 Å². The number of alkyl halides is 3. The Balaban J connectivity index is 2.27. The second-order valence-electron chi connectivity index (χ2n) is 4.65. The molecule has 3 nitrogen and oxygen atoms in total. The van der Waals surface area contributed by atoms with Gasteiger partial charge in [-0.25, -0.2) is 4.98 Å². The number of anilines is 1. The second-order valence-corrected chi connectivity index (χ2v) is 4.65. The Morgan fingerprint density at radius 2 is 2.06 bits per heavy atom. The quantitative estimate of drug-likeness (QED) is 0.902. The first kappa shape index (κ1) is 13.1. The molecule has 0 bridgehead atoms. The molecule has 1 aliphatic rings. The molecule has 6 heteroatoms. The van der Waals surface area contributed by atoms with Crippen molar-refractivity contribution in [1.82, 2.24) is 4.98 Å². The first-order chi connectivity index (χ1) is 8.39. The summed E-state index contributed by atoms with van der Waals surface area (Å²) < 4.78 is 37.7. The number of aryl methyl sites for hydroxylation is 1. The average molecular weight is 259 g/mol. The standard InChI is InChI=1S/C12H16F3N3/c1-8-4-9(6-16)5-11(17-8)18(10-2-3-10)7-12(13,14)15/h4-5,10H,2-3,6-7,16H2,1H3. The lowest BCUT2D eigenvalue weighted by molar-refractivity contribution is -0.120. The van der Waals surface area contributed by atoms with Crippen LogP contribution in [-0.2, 0) is 6.54 Å². The minimum atomic E-state index is -4.21. The smallest absolute Gasteiger partial charge is 0.345 e. The minimum absolute atomic E-state index is 0.0356. The molecular weight excluding hydrogens is 243 g/mol. The highest BCUT2D eigenvalue weighted by atomic mass is 19.4. The highest BCUT2D eigenvalue weighted by Crippen LogP contribution is 2.33. The number of rotatable bonds is 4. The molecule has 2 N–H and O–H groups in total. The van der Waals surface area contributed by atoms with E-state index >= 15 is 0 Å². The Morgan fingerprint density at radius 3 is 2.56 bits per heavy atom. The van der Waals surface area contributed by atoms with E-state index in [1.165, 1.54) is 4.90 Å². The molecule has 1 fully saturated rings. The fourth-order valence-corrected chi connectivity index (χ4v) is 1.96. The van der Waals surface area contributed by atoms with Crippen molar-refractivity contribution in [3.63, 3.8) is 0 Å². The van der Waals surface area contributed by atoms with E-state index in [4.69, 9.17) is 5.73 Å². The molecule has 0 aliphatic heterocycles. The number of halogens is 3. The number of aromatic nitrogens is 1. The number of hydrogen-bond donors (Lipinski definition) is 1. The molecule has 0 saturated heterocycles. The summed E-state index contributed by atoms with van der Waals surface area (Å²) in [4.78, 5) is 5.54. The SMILES string of the molecule is Cc1cc(CN)cc(N(CC(F)(F)F)C2CC2)n1. The van der Waals surface area contributed by atoms with Crippen molar-refractivity contribution in [3.05, 3.63) is 23.4 Å². The summed E-state index contributed by atoms with van der Waals surface area (Å²) in [6, 6.07) is 3.41. The van der Waals surface area contributed by atoms with Crippen molar-refractivity contribution in [2.45, 2.75) is 38.5 Å². The molecule has 1 aromatic rings. The molecule has 0 atom stereocenters. The summed E-state index contributed by atoms with van der Waals surface area (Å²) in [6.45, 7) is 1.13. The molecule has 0 spiro atoms. The van der Waals surface area contributed by atoms with Gasteiger partial charge >= 0.3 is 6.18 Å². The first-order valence-electron chi connectivity index (χ1n) is 5.90. The molecular formula is C12H16F3N3. The van der Waals surface area contributed by atoms with Crippen LogP contribution in [0.4, 0.5) is 19.0 Å². The van der Waals surface area contributed by atoms with Gasteiger partial charge in [0.2, 0.25) is 0 Å². The van der Waals surface area contributed by atoms with E-state index in [0.29, 0.717) is 18.1 Å². The summed E-state index contributed by atoms with van der Waals surface area (Å²) in [5.41, 5.74) is 7.04. The predicted molar refractivity (Wildman–Crippen MR) is 63.3 cm³/mol. The molecule has 1 aliphatic carbocycles. The van der Waals surface area contributed by atoms with Gasteiger partial charge in [-0.05, 0) is 37.5 Å². The lowest BCUT2D eigenvalue weighted by atomic mass is 10.2. The Hall–Kier alpha value is -1.30. The Kier molecular flexibility index (Phi) is 3.47. The summed E-state index contributed by atoms with van der Waals surface area (Å²) in [5, 5.41) is 0. The molecule has 1 heterocycles. The van der Waals surface area contributed by atoms with Gasteiger partial charge in [-0.1, -0.05) is 0 Å². The summed E-state index contributed by atoms with van der Waals surface area (Å²) in [5.74, 6) is 0.385.